The first-order valence-electron chi connectivity index (χ1n) is 6.38. The molecule has 1 aliphatic rings. The zero-order valence-electron chi connectivity index (χ0n) is 10.8. The Balaban J connectivity index is 2.17. The first-order valence-corrected chi connectivity index (χ1v) is 6.38. The van der Waals surface area contributed by atoms with E-state index in [2.05, 4.69) is 24.1 Å². The molecule has 4 nitrogen and oxygen atoms in total. The lowest BCUT2D eigenvalue weighted by Gasteiger charge is -2.35. The van der Waals surface area contributed by atoms with E-state index in [1.165, 1.54) is 0 Å². The van der Waals surface area contributed by atoms with Crippen LogP contribution in [0.25, 0.3) is 0 Å². The number of rotatable bonds is 6. The molecule has 2 atom stereocenters. The summed E-state index contributed by atoms with van der Waals surface area (Å²) in [7, 11) is 0. The van der Waals surface area contributed by atoms with Crippen LogP contribution in [-0.2, 0) is 4.74 Å². The predicted octanol–water partition coefficient (Wildman–Crippen LogP) is 0.456. The maximum Gasteiger partial charge on any atom is 0.0826 e. The van der Waals surface area contributed by atoms with Gasteiger partial charge >= 0.3 is 0 Å². The van der Waals surface area contributed by atoms with E-state index in [1.807, 2.05) is 6.92 Å². The summed E-state index contributed by atoms with van der Waals surface area (Å²) < 4.78 is 5.69. The average molecular weight is 230 g/mol. The summed E-state index contributed by atoms with van der Waals surface area (Å²) in [6.07, 6.45) is 0.835. The molecule has 0 amide bonds. The normalized spacial score (nSPS) is 24.9. The van der Waals surface area contributed by atoms with Gasteiger partial charge in [-0.1, -0.05) is 6.92 Å². The summed E-state index contributed by atoms with van der Waals surface area (Å²) in [4.78, 5) is 2.44. The highest BCUT2D eigenvalue weighted by molar-refractivity contribution is 4.75. The van der Waals surface area contributed by atoms with Crippen LogP contribution in [0.2, 0.25) is 0 Å². The molecule has 1 aliphatic heterocycles. The minimum absolute atomic E-state index is 0.232. The van der Waals surface area contributed by atoms with Crippen LogP contribution < -0.4 is 5.32 Å². The minimum Gasteiger partial charge on any atom is -0.392 e. The maximum absolute atomic E-state index is 9.41. The molecule has 1 heterocycles. The van der Waals surface area contributed by atoms with Crippen LogP contribution in [0.15, 0.2) is 0 Å². The van der Waals surface area contributed by atoms with Gasteiger partial charge in [0.05, 0.1) is 18.8 Å². The van der Waals surface area contributed by atoms with E-state index in [-0.39, 0.29) is 12.2 Å². The van der Waals surface area contributed by atoms with Crippen molar-refractivity contribution in [1.29, 1.82) is 0 Å². The van der Waals surface area contributed by atoms with Gasteiger partial charge in [-0.25, -0.2) is 0 Å². The number of morpholine rings is 1. The van der Waals surface area contributed by atoms with Crippen molar-refractivity contribution in [3.8, 4) is 0 Å². The molecular weight excluding hydrogens is 204 g/mol. The second-order valence-electron chi connectivity index (χ2n) is 4.80. The van der Waals surface area contributed by atoms with Gasteiger partial charge in [0.25, 0.3) is 0 Å². The Bertz CT molecular complexity index is 188. The van der Waals surface area contributed by atoms with Gasteiger partial charge < -0.3 is 15.2 Å². The lowest BCUT2D eigenvalue weighted by molar-refractivity contribution is -0.0379. The first kappa shape index (κ1) is 13.9. The quantitative estimate of drug-likeness (QED) is 0.696. The van der Waals surface area contributed by atoms with E-state index < -0.39 is 0 Å². The predicted molar refractivity (Wildman–Crippen MR) is 65.6 cm³/mol. The number of ether oxygens (including phenoxy) is 1. The van der Waals surface area contributed by atoms with Crippen molar-refractivity contribution < 1.29 is 9.84 Å². The van der Waals surface area contributed by atoms with Gasteiger partial charge in [-0.3, -0.25) is 4.90 Å². The molecule has 1 saturated heterocycles. The van der Waals surface area contributed by atoms with Crippen LogP contribution in [0.5, 0.6) is 0 Å². The third-order valence-electron chi connectivity index (χ3n) is 3.12. The highest BCUT2D eigenvalue weighted by atomic mass is 16.5. The number of aliphatic hydroxyl groups is 1. The van der Waals surface area contributed by atoms with Crippen LogP contribution in [0, 0.1) is 0 Å². The summed E-state index contributed by atoms with van der Waals surface area (Å²) in [5.74, 6) is 0. The molecule has 0 bridgehead atoms. The standard InChI is InChI=1S/C12H26N2O2/c1-4-11(15)7-13-8-12-9-14(10(2)3)5-6-16-12/h10-13,15H,4-9H2,1-3H3. The SMILES string of the molecule is CCC(O)CNCC1CN(C(C)C)CCO1. The van der Waals surface area contributed by atoms with Gasteiger partial charge in [-0.05, 0) is 20.3 Å². The molecule has 4 heteroatoms. The van der Waals surface area contributed by atoms with E-state index in [0.717, 1.165) is 32.7 Å². The molecule has 1 fully saturated rings. The van der Waals surface area contributed by atoms with Crippen LogP contribution in [-0.4, -0.2) is 61.0 Å². The first-order chi connectivity index (χ1) is 7.63. The molecule has 2 N–H and O–H groups in total. The van der Waals surface area contributed by atoms with Crippen molar-refractivity contribution in [2.24, 2.45) is 0 Å². The number of hydrogen-bond acceptors (Lipinski definition) is 4. The smallest absolute Gasteiger partial charge is 0.0826 e. The highest BCUT2D eigenvalue weighted by Crippen LogP contribution is 2.07. The molecule has 0 aliphatic carbocycles. The van der Waals surface area contributed by atoms with Gasteiger partial charge in [0.2, 0.25) is 0 Å². The monoisotopic (exact) mass is 230 g/mol. The Morgan fingerprint density at radius 2 is 2.25 bits per heavy atom. The molecule has 96 valence electrons. The van der Waals surface area contributed by atoms with E-state index in [4.69, 9.17) is 4.74 Å². The van der Waals surface area contributed by atoms with Gasteiger partial charge in [0, 0.05) is 32.2 Å². The molecule has 0 aromatic carbocycles. The van der Waals surface area contributed by atoms with Crippen molar-refractivity contribution in [1.82, 2.24) is 10.2 Å². The number of nitrogens with one attached hydrogen (secondary N) is 1. The summed E-state index contributed by atoms with van der Waals surface area (Å²) in [5, 5.41) is 12.7. The van der Waals surface area contributed by atoms with Crippen LogP contribution in [0.3, 0.4) is 0 Å². The lowest BCUT2D eigenvalue weighted by atomic mass is 10.2. The average Bonchev–Trinajstić information content (AvgIpc) is 2.29. The molecule has 0 spiro atoms. The molecule has 0 saturated carbocycles. The number of nitrogens with zero attached hydrogens (tertiary/aromatic N) is 1. The Labute approximate surface area is 99.0 Å². The van der Waals surface area contributed by atoms with E-state index in [0.29, 0.717) is 12.6 Å². The van der Waals surface area contributed by atoms with Crippen LogP contribution in [0.4, 0.5) is 0 Å². The topological polar surface area (TPSA) is 44.7 Å². The number of aliphatic hydroxyl groups excluding tert-OH is 1. The van der Waals surface area contributed by atoms with E-state index in [1.54, 1.807) is 0 Å². The second kappa shape index (κ2) is 7.22. The van der Waals surface area contributed by atoms with Crippen molar-refractivity contribution in [2.75, 3.05) is 32.8 Å². The van der Waals surface area contributed by atoms with E-state index >= 15 is 0 Å². The zero-order chi connectivity index (χ0) is 12.0. The highest BCUT2D eigenvalue weighted by Gasteiger charge is 2.21. The Kier molecular flexibility index (Phi) is 6.28. The van der Waals surface area contributed by atoms with Gasteiger partial charge in [0.15, 0.2) is 0 Å². The maximum atomic E-state index is 9.41. The van der Waals surface area contributed by atoms with Gasteiger partial charge in [-0.15, -0.1) is 0 Å². The third kappa shape index (κ3) is 4.78. The second-order valence-corrected chi connectivity index (χ2v) is 4.80. The lowest BCUT2D eigenvalue weighted by Crippen LogP contribution is -2.49. The van der Waals surface area contributed by atoms with Crippen LogP contribution >= 0.6 is 0 Å². The summed E-state index contributed by atoms with van der Waals surface area (Å²) in [6, 6.07) is 0.590. The Morgan fingerprint density at radius 1 is 1.50 bits per heavy atom. The third-order valence-corrected chi connectivity index (χ3v) is 3.12. The molecule has 0 aromatic rings. The number of hydrogen-bond donors (Lipinski definition) is 2. The largest absolute Gasteiger partial charge is 0.392 e. The fourth-order valence-corrected chi connectivity index (χ4v) is 1.89. The molecule has 0 aromatic heterocycles. The fraction of sp³-hybridized carbons (Fsp3) is 1.00. The summed E-state index contributed by atoms with van der Waals surface area (Å²) >= 11 is 0. The van der Waals surface area contributed by atoms with Gasteiger partial charge in [-0.2, -0.15) is 0 Å². The Hall–Kier alpha value is -0.160. The van der Waals surface area contributed by atoms with Gasteiger partial charge in [0.1, 0.15) is 0 Å². The molecular formula is C12H26N2O2. The molecule has 2 unspecified atom stereocenters. The van der Waals surface area contributed by atoms with Crippen LogP contribution in [0.1, 0.15) is 27.2 Å². The van der Waals surface area contributed by atoms with Crippen molar-refractivity contribution in [2.45, 2.75) is 45.4 Å². The van der Waals surface area contributed by atoms with Crippen molar-refractivity contribution in [3.63, 3.8) is 0 Å². The molecule has 1 rings (SSSR count). The fourth-order valence-electron chi connectivity index (χ4n) is 1.89. The van der Waals surface area contributed by atoms with Crippen molar-refractivity contribution in [3.05, 3.63) is 0 Å². The summed E-state index contributed by atoms with van der Waals surface area (Å²) in [5.41, 5.74) is 0. The van der Waals surface area contributed by atoms with Crippen molar-refractivity contribution >= 4 is 0 Å². The molecule has 0 radical (unpaired) electrons. The minimum atomic E-state index is -0.232. The summed E-state index contributed by atoms with van der Waals surface area (Å²) in [6.45, 7) is 10.8. The van der Waals surface area contributed by atoms with E-state index in [9.17, 15) is 5.11 Å². The molecule has 16 heavy (non-hydrogen) atoms. The zero-order valence-corrected chi connectivity index (χ0v) is 10.8. The Morgan fingerprint density at radius 3 is 2.88 bits per heavy atom.